The van der Waals surface area contributed by atoms with Crippen LogP contribution in [0.3, 0.4) is 0 Å². The topological polar surface area (TPSA) is 0 Å². The van der Waals surface area contributed by atoms with Crippen molar-refractivity contribution < 1.29 is 0 Å². The minimum absolute atomic E-state index is 0.357. The summed E-state index contributed by atoms with van der Waals surface area (Å²) in [5.41, 5.74) is 1.58. The molecule has 0 aromatic carbocycles. The third kappa shape index (κ3) is 18.7. The van der Waals surface area contributed by atoms with Crippen LogP contribution in [0, 0.1) is 21.7 Å². The molecule has 0 rings (SSSR count). The SMILES string of the molecule is C=CCC(C)(C)CC(C)(C)CC(C)(C)CC=C.C=CC[Si](C)(C)CC(C)(C)C[Si](C)(C)CC=C. The van der Waals surface area contributed by atoms with Gasteiger partial charge in [0.1, 0.15) is 0 Å². The van der Waals surface area contributed by atoms with Crippen LogP contribution < -0.4 is 0 Å². The second-order valence-corrected chi connectivity index (χ2v) is 25.8. The molecule has 0 aromatic heterocycles. The maximum Gasteiger partial charge on any atom is 0.0516 e. The van der Waals surface area contributed by atoms with E-state index in [0.29, 0.717) is 21.7 Å². The Morgan fingerprint density at radius 3 is 1.00 bits per heavy atom. The molecule has 0 saturated heterocycles. The van der Waals surface area contributed by atoms with Gasteiger partial charge in [-0.3, -0.25) is 0 Å². The van der Waals surface area contributed by atoms with Gasteiger partial charge < -0.3 is 0 Å². The predicted molar refractivity (Wildman–Crippen MR) is 169 cm³/mol. The average molecular weight is 505 g/mol. The fraction of sp³-hybridized carbons (Fsp3) is 0.750. The van der Waals surface area contributed by atoms with Crippen LogP contribution in [0.1, 0.15) is 81.1 Å². The first kappa shape index (κ1) is 35.6. The summed E-state index contributed by atoms with van der Waals surface area (Å²) in [6.07, 6.45) is 13.0. The fourth-order valence-electron chi connectivity index (χ4n) is 7.16. The Labute approximate surface area is 219 Å². The summed E-state index contributed by atoms with van der Waals surface area (Å²) in [6, 6.07) is 5.33. The number of allylic oxidation sites excluding steroid dienone is 4. The maximum atomic E-state index is 3.91. The van der Waals surface area contributed by atoms with Crippen LogP contribution in [-0.4, -0.2) is 16.1 Å². The van der Waals surface area contributed by atoms with E-state index in [1.807, 2.05) is 12.2 Å². The minimum atomic E-state index is -1.08. The summed E-state index contributed by atoms with van der Waals surface area (Å²) in [7, 11) is -2.17. The standard InChI is InChI=1S/C17H32.C15H32Si2/c1-9-11-15(3,4)13-17(7,8)14-16(5,6)12-10-2;1-9-11-16(5,6)13-15(3,4)14-17(7,8)12-10-2/h2*9-10H,1-2,11-14H2,3-8H3. The highest BCUT2D eigenvalue weighted by molar-refractivity contribution is 6.79. The van der Waals surface area contributed by atoms with Gasteiger partial charge in [0.25, 0.3) is 0 Å². The quantitative estimate of drug-likeness (QED) is 0.145. The number of hydrogen-bond donors (Lipinski definition) is 0. The third-order valence-electron chi connectivity index (χ3n) is 6.62. The molecule has 0 fully saturated rings. The van der Waals surface area contributed by atoms with Crippen LogP contribution in [0.25, 0.3) is 0 Å². The van der Waals surface area contributed by atoms with Crippen molar-refractivity contribution in [3.05, 3.63) is 50.6 Å². The largest absolute Gasteiger partial charge is 0.103 e. The van der Waals surface area contributed by atoms with Crippen LogP contribution in [0.4, 0.5) is 0 Å². The molecule has 0 N–H and O–H groups in total. The lowest BCUT2D eigenvalue weighted by Gasteiger charge is -2.39. The molecule has 0 spiro atoms. The van der Waals surface area contributed by atoms with E-state index in [0.717, 1.165) is 12.8 Å². The molecule has 0 aromatic rings. The van der Waals surface area contributed by atoms with Gasteiger partial charge in [-0.1, -0.05) is 118 Å². The van der Waals surface area contributed by atoms with Crippen molar-refractivity contribution in [3.8, 4) is 0 Å². The highest BCUT2D eigenvalue weighted by Gasteiger charge is 2.35. The van der Waals surface area contributed by atoms with E-state index < -0.39 is 16.1 Å². The predicted octanol–water partition coefficient (Wildman–Crippen LogP) is 11.8. The van der Waals surface area contributed by atoms with Gasteiger partial charge in [0.2, 0.25) is 0 Å². The van der Waals surface area contributed by atoms with Gasteiger partial charge in [0, 0.05) is 0 Å². The second-order valence-electron chi connectivity index (χ2n) is 15.7. The summed E-state index contributed by atoms with van der Waals surface area (Å²) in [4.78, 5) is 0. The molecule has 200 valence electrons. The van der Waals surface area contributed by atoms with Crippen LogP contribution in [0.5, 0.6) is 0 Å². The monoisotopic (exact) mass is 504 g/mol. The highest BCUT2D eigenvalue weighted by Crippen LogP contribution is 2.44. The molecule has 0 aliphatic heterocycles. The zero-order valence-electron chi connectivity index (χ0n) is 25.8. The first-order valence-corrected chi connectivity index (χ1v) is 20.3. The Balaban J connectivity index is 0. The highest BCUT2D eigenvalue weighted by atomic mass is 28.3. The van der Waals surface area contributed by atoms with Crippen molar-refractivity contribution in [1.29, 1.82) is 0 Å². The summed E-state index contributed by atoms with van der Waals surface area (Å²) >= 11 is 0. The Hall–Kier alpha value is -0.606. The molecule has 0 bridgehead atoms. The van der Waals surface area contributed by atoms with Crippen LogP contribution >= 0.6 is 0 Å². The van der Waals surface area contributed by atoms with Crippen molar-refractivity contribution in [2.24, 2.45) is 21.7 Å². The van der Waals surface area contributed by atoms with Gasteiger partial charge in [-0.25, -0.2) is 0 Å². The van der Waals surface area contributed by atoms with Crippen LogP contribution in [0.2, 0.25) is 50.4 Å². The molecule has 2 heteroatoms. The molecule has 34 heavy (non-hydrogen) atoms. The molecule has 0 radical (unpaired) electrons. The summed E-state index contributed by atoms with van der Waals surface area (Å²) in [6.45, 7) is 44.6. The van der Waals surface area contributed by atoms with Gasteiger partial charge in [-0.05, 0) is 59.4 Å². The lowest BCUT2D eigenvalue weighted by Crippen LogP contribution is -2.37. The van der Waals surface area contributed by atoms with E-state index in [9.17, 15) is 0 Å². The Bertz CT molecular complexity index is 521. The molecule has 0 unspecified atom stereocenters. The second kappa shape index (κ2) is 14.2. The van der Waals surface area contributed by atoms with Crippen molar-refractivity contribution in [2.45, 2.75) is 131 Å². The molecule has 0 atom stereocenters. The van der Waals surface area contributed by atoms with Crippen LogP contribution in [0.15, 0.2) is 50.6 Å². The minimum Gasteiger partial charge on any atom is -0.103 e. The first-order chi connectivity index (χ1) is 15.1. The summed E-state index contributed by atoms with van der Waals surface area (Å²) in [5.74, 6) is 0. The molecule has 0 amide bonds. The Kier molecular flexibility index (Phi) is 14.9. The van der Waals surface area contributed by atoms with E-state index in [4.69, 9.17) is 0 Å². The number of rotatable bonds is 16. The van der Waals surface area contributed by atoms with Crippen molar-refractivity contribution in [2.75, 3.05) is 0 Å². The van der Waals surface area contributed by atoms with Gasteiger partial charge in [0.15, 0.2) is 0 Å². The Morgan fingerprint density at radius 2 is 0.765 bits per heavy atom. The molecule has 0 heterocycles. The van der Waals surface area contributed by atoms with E-state index in [1.54, 1.807) is 0 Å². The van der Waals surface area contributed by atoms with E-state index >= 15 is 0 Å². The molecule has 0 saturated carbocycles. The first-order valence-electron chi connectivity index (χ1n) is 13.5. The molecule has 0 aliphatic carbocycles. The molecule has 0 aliphatic rings. The summed E-state index contributed by atoms with van der Waals surface area (Å²) in [5, 5.41) is 0. The van der Waals surface area contributed by atoms with Gasteiger partial charge in [-0.15, -0.1) is 26.3 Å². The Morgan fingerprint density at radius 1 is 0.471 bits per heavy atom. The zero-order valence-corrected chi connectivity index (χ0v) is 27.8. The third-order valence-corrected chi connectivity index (χ3v) is 13.2. The average Bonchev–Trinajstić information content (AvgIpc) is 2.49. The lowest BCUT2D eigenvalue weighted by molar-refractivity contribution is 0.126. The van der Waals surface area contributed by atoms with Crippen molar-refractivity contribution >= 4 is 16.1 Å². The molecular weight excluding hydrogens is 441 g/mol. The van der Waals surface area contributed by atoms with E-state index in [-0.39, 0.29) is 0 Å². The van der Waals surface area contributed by atoms with Gasteiger partial charge in [-0.2, -0.15) is 0 Å². The van der Waals surface area contributed by atoms with Crippen molar-refractivity contribution in [3.63, 3.8) is 0 Å². The normalized spacial score (nSPS) is 13.5. The van der Waals surface area contributed by atoms with Gasteiger partial charge in [0.05, 0.1) is 16.1 Å². The zero-order chi connectivity index (χ0) is 27.5. The lowest BCUT2D eigenvalue weighted by atomic mass is 9.66. The number of hydrogen-bond acceptors (Lipinski definition) is 0. The van der Waals surface area contributed by atoms with Crippen LogP contribution in [-0.2, 0) is 0 Å². The van der Waals surface area contributed by atoms with E-state index in [1.165, 1.54) is 37.0 Å². The van der Waals surface area contributed by atoms with Crippen molar-refractivity contribution in [1.82, 2.24) is 0 Å². The summed E-state index contributed by atoms with van der Waals surface area (Å²) < 4.78 is 0. The van der Waals surface area contributed by atoms with Gasteiger partial charge >= 0.3 is 0 Å². The molecule has 0 nitrogen and oxygen atoms in total. The van der Waals surface area contributed by atoms with E-state index in [2.05, 4.69) is 120 Å². The smallest absolute Gasteiger partial charge is 0.0516 e. The maximum absolute atomic E-state index is 3.91. The molecular formula is C32H64Si2. The fourth-order valence-corrected chi connectivity index (χ4v) is 14.7.